The van der Waals surface area contributed by atoms with Crippen molar-refractivity contribution >= 4 is 5.78 Å². The van der Waals surface area contributed by atoms with E-state index in [1.165, 1.54) is 18.2 Å². The molecule has 1 aliphatic heterocycles. The normalized spacial score (nSPS) is 18.0. The van der Waals surface area contributed by atoms with Crippen molar-refractivity contribution in [2.75, 3.05) is 6.61 Å². The van der Waals surface area contributed by atoms with Crippen LogP contribution in [0.15, 0.2) is 42.7 Å². The van der Waals surface area contributed by atoms with Crippen molar-refractivity contribution in [1.82, 2.24) is 4.98 Å². The molecule has 0 fully saturated rings. The number of Topliss-reactive ketones (excluding diaryl/α,β-unsaturated/α-hetero) is 1. The number of ether oxygens (including phenoxy) is 1. The lowest BCUT2D eigenvalue weighted by Gasteiger charge is -2.36. The Balaban J connectivity index is 1.98. The molecule has 2 heterocycles. The van der Waals surface area contributed by atoms with Crippen LogP contribution in [0.1, 0.15) is 29.8 Å². The number of carbonyl (C=O) groups excluding carboxylic acids is 1. The van der Waals surface area contributed by atoms with Crippen molar-refractivity contribution in [3.8, 4) is 5.75 Å². The van der Waals surface area contributed by atoms with E-state index in [1.54, 1.807) is 12.4 Å². The summed E-state index contributed by atoms with van der Waals surface area (Å²) in [5.74, 6) is -0.369. The molecular formula is C17H16FNO2. The van der Waals surface area contributed by atoms with Crippen LogP contribution in [0.5, 0.6) is 5.75 Å². The molecule has 1 aromatic heterocycles. The molecule has 4 heteroatoms. The van der Waals surface area contributed by atoms with Gasteiger partial charge < -0.3 is 4.74 Å². The number of carbonyl (C=O) groups is 1. The van der Waals surface area contributed by atoms with Gasteiger partial charge in [0, 0.05) is 23.9 Å². The standard InChI is InChI=1S/C17H16FNO2/c1-17(2,11-5-7-19-8-6-11)14-10-21-15-9-12(18)3-4-13(15)16(14)20/h3-9,14H,10H2,1-2H3. The average molecular weight is 285 g/mol. The van der Waals surface area contributed by atoms with Crippen molar-refractivity contribution < 1.29 is 13.9 Å². The number of nitrogens with zero attached hydrogens (tertiary/aromatic N) is 1. The molecule has 1 atom stereocenters. The summed E-state index contributed by atoms with van der Waals surface area (Å²) in [6.07, 6.45) is 3.43. The Morgan fingerprint density at radius 3 is 2.67 bits per heavy atom. The van der Waals surface area contributed by atoms with Crippen molar-refractivity contribution in [1.29, 1.82) is 0 Å². The summed E-state index contributed by atoms with van der Waals surface area (Å²) in [4.78, 5) is 16.7. The van der Waals surface area contributed by atoms with Crippen molar-refractivity contribution in [2.45, 2.75) is 19.3 Å². The Morgan fingerprint density at radius 2 is 1.95 bits per heavy atom. The van der Waals surface area contributed by atoms with Crippen molar-refractivity contribution in [3.05, 3.63) is 59.7 Å². The van der Waals surface area contributed by atoms with Gasteiger partial charge in [-0.05, 0) is 29.8 Å². The van der Waals surface area contributed by atoms with Gasteiger partial charge in [-0.1, -0.05) is 13.8 Å². The Bertz CT molecular complexity index is 682. The third-order valence-electron chi connectivity index (χ3n) is 4.23. The second-order valence-electron chi connectivity index (χ2n) is 5.83. The number of hydrogen-bond acceptors (Lipinski definition) is 3. The fourth-order valence-corrected chi connectivity index (χ4v) is 2.77. The molecule has 0 amide bonds. The summed E-state index contributed by atoms with van der Waals surface area (Å²) >= 11 is 0. The molecule has 0 radical (unpaired) electrons. The first kappa shape index (κ1) is 13.7. The molecular weight excluding hydrogens is 269 g/mol. The van der Waals surface area contributed by atoms with Gasteiger partial charge in [0.2, 0.25) is 0 Å². The van der Waals surface area contributed by atoms with Crippen LogP contribution in [0.25, 0.3) is 0 Å². The fraction of sp³-hybridized carbons (Fsp3) is 0.294. The number of aromatic nitrogens is 1. The molecule has 1 aliphatic rings. The molecule has 0 saturated carbocycles. The van der Waals surface area contributed by atoms with Crippen LogP contribution < -0.4 is 4.74 Å². The first-order valence-electron chi connectivity index (χ1n) is 6.87. The molecule has 21 heavy (non-hydrogen) atoms. The quantitative estimate of drug-likeness (QED) is 0.849. The number of ketones is 1. The van der Waals surface area contributed by atoms with E-state index in [-0.39, 0.29) is 23.7 Å². The minimum atomic E-state index is -0.395. The molecule has 0 bridgehead atoms. The Hall–Kier alpha value is -2.23. The highest BCUT2D eigenvalue weighted by Crippen LogP contribution is 2.38. The summed E-state index contributed by atoms with van der Waals surface area (Å²) in [6.45, 7) is 4.29. The van der Waals surface area contributed by atoms with Crippen LogP contribution in [0.3, 0.4) is 0 Å². The molecule has 1 unspecified atom stereocenters. The highest BCUT2D eigenvalue weighted by atomic mass is 19.1. The van der Waals surface area contributed by atoms with Crippen LogP contribution in [0.4, 0.5) is 4.39 Å². The van der Waals surface area contributed by atoms with Gasteiger partial charge in [0.05, 0.1) is 18.1 Å². The van der Waals surface area contributed by atoms with Crippen molar-refractivity contribution in [3.63, 3.8) is 0 Å². The Morgan fingerprint density at radius 1 is 1.24 bits per heavy atom. The van der Waals surface area contributed by atoms with Gasteiger partial charge in [0.15, 0.2) is 5.78 Å². The first-order valence-corrected chi connectivity index (χ1v) is 6.87. The fourth-order valence-electron chi connectivity index (χ4n) is 2.77. The van der Waals surface area contributed by atoms with E-state index >= 15 is 0 Å². The van der Waals surface area contributed by atoms with E-state index < -0.39 is 5.82 Å². The van der Waals surface area contributed by atoms with Gasteiger partial charge >= 0.3 is 0 Å². The van der Waals surface area contributed by atoms with Crippen molar-refractivity contribution in [2.24, 2.45) is 5.92 Å². The maximum absolute atomic E-state index is 13.2. The Labute approximate surface area is 122 Å². The van der Waals surface area contributed by atoms with Gasteiger partial charge in [-0.3, -0.25) is 9.78 Å². The first-order chi connectivity index (χ1) is 10.00. The molecule has 0 N–H and O–H groups in total. The molecule has 2 aromatic rings. The minimum absolute atomic E-state index is 0.00179. The number of rotatable bonds is 2. The number of fused-ring (bicyclic) bond motifs is 1. The number of halogens is 1. The van der Waals surface area contributed by atoms with E-state index in [9.17, 15) is 9.18 Å². The van der Waals surface area contributed by atoms with Gasteiger partial charge in [-0.25, -0.2) is 4.39 Å². The largest absolute Gasteiger partial charge is 0.492 e. The second-order valence-corrected chi connectivity index (χ2v) is 5.83. The van der Waals surface area contributed by atoms with E-state index in [4.69, 9.17) is 4.74 Å². The highest BCUT2D eigenvalue weighted by Gasteiger charge is 2.41. The maximum atomic E-state index is 13.2. The zero-order valence-electron chi connectivity index (χ0n) is 12.0. The van der Waals surface area contributed by atoms with Gasteiger partial charge in [0.25, 0.3) is 0 Å². The van der Waals surface area contributed by atoms with E-state index in [2.05, 4.69) is 4.98 Å². The predicted octanol–water partition coefficient (Wildman–Crippen LogP) is 3.39. The average Bonchev–Trinajstić information content (AvgIpc) is 2.48. The lowest BCUT2D eigenvalue weighted by atomic mass is 9.70. The third-order valence-corrected chi connectivity index (χ3v) is 4.23. The van der Waals surface area contributed by atoms with Gasteiger partial charge in [0.1, 0.15) is 11.6 Å². The number of benzene rings is 1. The number of pyridine rings is 1. The zero-order valence-corrected chi connectivity index (χ0v) is 12.0. The summed E-state index contributed by atoms with van der Waals surface area (Å²) in [7, 11) is 0. The number of hydrogen-bond donors (Lipinski definition) is 0. The van der Waals surface area contributed by atoms with Crippen LogP contribution in [-0.2, 0) is 5.41 Å². The monoisotopic (exact) mass is 285 g/mol. The SMILES string of the molecule is CC(C)(c1ccncc1)C1COc2cc(F)ccc2C1=O. The molecule has 0 saturated heterocycles. The molecule has 1 aromatic carbocycles. The zero-order chi connectivity index (χ0) is 15.0. The lowest BCUT2D eigenvalue weighted by molar-refractivity contribution is 0.0736. The minimum Gasteiger partial charge on any atom is -0.492 e. The molecule has 3 rings (SSSR count). The van der Waals surface area contributed by atoms with Gasteiger partial charge in [-0.15, -0.1) is 0 Å². The Kier molecular flexibility index (Phi) is 3.24. The summed E-state index contributed by atoms with van der Waals surface area (Å²) in [6, 6.07) is 7.88. The van der Waals surface area contributed by atoms with Crippen LogP contribution in [0.2, 0.25) is 0 Å². The smallest absolute Gasteiger partial charge is 0.173 e. The molecule has 0 aliphatic carbocycles. The molecule has 3 nitrogen and oxygen atoms in total. The lowest BCUT2D eigenvalue weighted by Crippen LogP contribution is -2.41. The molecule has 0 spiro atoms. The van der Waals surface area contributed by atoms with Crippen LogP contribution in [0, 0.1) is 11.7 Å². The summed E-state index contributed by atoms with van der Waals surface area (Å²) in [5.41, 5.74) is 1.10. The molecule has 108 valence electrons. The summed E-state index contributed by atoms with van der Waals surface area (Å²) in [5, 5.41) is 0. The predicted molar refractivity (Wildman–Crippen MR) is 77.0 cm³/mol. The van der Waals surface area contributed by atoms with Crippen LogP contribution in [-0.4, -0.2) is 17.4 Å². The topological polar surface area (TPSA) is 39.2 Å². The van der Waals surface area contributed by atoms with E-state index in [0.29, 0.717) is 11.3 Å². The van der Waals surface area contributed by atoms with E-state index in [1.807, 2.05) is 26.0 Å². The second kappa shape index (κ2) is 4.95. The van der Waals surface area contributed by atoms with E-state index in [0.717, 1.165) is 5.56 Å². The van der Waals surface area contributed by atoms with Gasteiger partial charge in [-0.2, -0.15) is 0 Å². The maximum Gasteiger partial charge on any atom is 0.173 e. The highest BCUT2D eigenvalue weighted by molar-refractivity contribution is 6.02. The van der Waals surface area contributed by atoms with Crippen LogP contribution >= 0.6 is 0 Å². The summed E-state index contributed by atoms with van der Waals surface area (Å²) < 4.78 is 18.8. The third kappa shape index (κ3) is 2.31.